The zero-order valence-corrected chi connectivity index (χ0v) is 12.5. The van der Waals surface area contributed by atoms with Crippen LogP contribution < -0.4 is 5.32 Å². The highest BCUT2D eigenvalue weighted by molar-refractivity contribution is 5.70. The Morgan fingerprint density at radius 3 is 2.48 bits per heavy atom. The molecular formula is C18H21NO2. The predicted octanol–water partition coefficient (Wildman–Crippen LogP) is 4.05. The molecule has 0 bridgehead atoms. The summed E-state index contributed by atoms with van der Waals surface area (Å²) in [5.41, 5.74) is 4.23. The molecule has 0 aliphatic carbocycles. The first kappa shape index (κ1) is 15.1. The van der Waals surface area contributed by atoms with Gasteiger partial charge < -0.3 is 10.4 Å². The number of carbonyl (C=O) groups is 1. The van der Waals surface area contributed by atoms with Crippen molar-refractivity contribution in [2.75, 3.05) is 5.32 Å². The van der Waals surface area contributed by atoms with Crippen LogP contribution in [0.2, 0.25) is 0 Å². The van der Waals surface area contributed by atoms with Gasteiger partial charge in [0.2, 0.25) is 0 Å². The summed E-state index contributed by atoms with van der Waals surface area (Å²) in [5.74, 6) is -0.310. The van der Waals surface area contributed by atoms with Crippen LogP contribution in [0.15, 0.2) is 48.5 Å². The van der Waals surface area contributed by atoms with Crippen LogP contribution in [0, 0.1) is 0 Å². The standard InChI is InChI=1S/C18H21NO2/c1-13(2)14-8-5-9-17(10-14)19-12-16-7-4-3-6-15(16)11-18(20)21/h3-10,13,19H,11-12H2,1-2H3,(H,20,21). The van der Waals surface area contributed by atoms with E-state index in [0.29, 0.717) is 12.5 Å². The van der Waals surface area contributed by atoms with Crippen LogP contribution in [-0.4, -0.2) is 11.1 Å². The van der Waals surface area contributed by atoms with Gasteiger partial charge in [0, 0.05) is 12.2 Å². The van der Waals surface area contributed by atoms with Gasteiger partial charge in [-0.05, 0) is 34.7 Å². The van der Waals surface area contributed by atoms with Gasteiger partial charge in [-0.1, -0.05) is 50.2 Å². The van der Waals surface area contributed by atoms with Gasteiger partial charge in [0.05, 0.1) is 6.42 Å². The van der Waals surface area contributed by atoms with E-state index in [1.165, 1.54) is 5.56 Å². The molecule has 110 valence electrons. The molecule has 2 aromatic carbocycles. The van der Waals surface area contributed by atoms with Gasteiger partial charge >= 0.3 is 5.97 Å². The monoisotopic (exact) mass is 283 g/mol. The SMILES string of the molecule is CC(C)c1cccc(NCc2ccccc2CC(=O)O)c1. The van der Waals surface area contributed by atoms with Gasteiger partial charge in [-0.25, -0.2) is 0 Å². The zero-order chi connectivity index (χ0) is 15.2. The van der Waals surface area contributed by atoms with Crippen molar-refractivity contribution in [3.63, 3.8) is 0 Å². The topological polar surface area (TPSA) is 49.3 Å². The summed E-state index contributed by atoms with van der Waals surface area (Å²) in [7, 11) is 0. The fourth-order valence-electron chi connectivity index (χ4n) is 2.27. The van der Waals surface area contributed by atoms with Gasteiger partial charge in [-0.2, -0.15) is 0 Å². The van der Waals surface area contributed by atoms with Crippen molar-refractivity contribution < 1.29 is 9.90 Å². The minimum absolute atomic E-state index is 0.0594. The molecule has 0 unspecified atom stereocenters. The Kier molecular flexibility index (Phi) is 4.99. The molecule has 0 heterocycles. The van der Waals surface area contributed by atoms with E-state index >= 15 is 0 Å². The van der Waals surface area contributed by atoms with Crippen LogP contribution in [0.4, 0.5) is 5.69 Å². The highest BCUT2D eigenvalue weighted by atomic mass is 16.4. The molecule has 0 aliphatic rings. The van der Waals surface area contributed by atoms with E-state index in [1.54, 1.807) is 0 Å². The van der Waals surface area contributed by atoms with Crippen LogP contribution in [0.5, 0.6) is 0 Å². The normalized spacial score (nSPS) is 10.6. The van der Waals surface area contributed by atoms with Crippen molar-refractivity contribution in [3.8, 4) is 0 Å². The Morgan fingerprint density at radius 1 is 1.10 bits per heavy atom. The third-order valence-electron chi connectivity index (χ3n) is 3.50. The maximum atomic E-state index is 10.9. The summed E-state index contributed by atoms with van der Waals surface area (Å²) in [6, 6.07) is 16.0. The lowest BCUT2D eigenvalue weighted by molar-refractivity contribution is -0.136. The molecule has 3 heteroatoms. The summed E-state index contributed by atoms with van der Waals surface area (Å²) >= 11 is 0. The van der Waals surface area contributed by atoms with Crippen molar-refractivity contribution in [2.45, 2.75) is 32.7 Å². The van der Waals surface area contributed by atoms with Crippen LogP contribution in [0.3, 0.4) is 0 Å². The number of carboxylic acid groups (broad SMARTS) is 1. The molecule has 21 heavy (non-hydrogen) atoms. The van der Waals surface area contributed by atoms with Gasteiger partial charge in [-0.3, -0.25) is 4.79 Å². The molecule has 2 rings (SSSR count). The van der Waals surface area contributed by atoms with E-state index in [-0.39, 0.29) is 6.42 Å². The Balaban J connectivity index is 2.09. The Labute approximate surface area is 125 Å². The predicted molar refractivity (Wildman–Crippen MR) is 85.6 cm³/mol. The average Bonchev–Trinajstić information content (AvgIpc) is 2.46. The van der Waals surface area contributed by atoms with Crippen molar-refractivity contribution in [1.29, 1.82) is 0 Å². The number of benzene rings is 2. The van der Waals surface area contributed by atoms with Crippen molar-refractivity contribution in [3.05, 3.63) is 65.2 Å². The Bertz CT molecular complexity index is 620. The average molecular weight is 283 g/mol. The number of hydrogen-bond acceptors (Lipinski definition) is 2. The van der Waals surface area contributed by atoms with Crippen LogP contribution in [0.1, 0.15) is 36.5 Å². The van der Waals surface area contributed by atoms with Gasteiger partial charge in [0.25, 0.3) is 0 Å². The molecule has 3 nitrogen and oxygen atoms in total. The summed E-state index contributed by atoms with van der Waals surface area (Å²) < 4.78 is 0. The Morgan fingerprint density at radius 2 is 1.81 bits per heavy atom. The summed E-state index contributed by atoms with van der Waals surface area (Å²) in [6.45, 7) is 4.97. The fourth-order valence-corrected chi connectivity index (χ4v) is 2.27. The molecule has 0 saturated carbocycles. The van der Waals surface area contributed by atoms with Crippen molar-refractivity contribution in [1.82, 2.24) is 0 Å². The van der Waals surface area contributed by atoms with E-state index in [2.05, 4.69) is 31.3 Å². The minimum atomic E-state index is -0.802. The molecule has 0 saturated heterocycles. The third-order valence-corrected chi connectivity index (χ3v) is 3.50. The van der Waals surface area contributed by atoms with Crippen molar-refractivity contribution >= 4 is 11.7 Å². The van der Waals surface area contributed by atoms with Gasteiger partial charge in [-0.15, -0.1) is 0 Å². The zero-order valence-electron chi connectivity index (χ0n) is 12.5. The molecule has 0 fully saturated rings. The second kappa shape index (κ2) is 6.93. The van der Waals surface area contributed by atoms with E-state index in [9.17, 15) is 4.79 Å². The van der Waals surface area contributed by atoms with Gasteiger partial charge in [0.1, 0.15) is 0 Å². The fraction of sp³-hybridized carbons (Fsp3) is 0.278. The first-order chi connectivity index (χ1) is 10.1. The largest absolute Gasteiger partial charge is 0.481 e. The number of hydrogen-bond donors (Lipinski definition) is 2. The summed E-state index contributed by atoms with van der Waals surface area (Å²) in [4.78, 5) is 10.9. The maximum Gasteiger partial charge on any atom is 0.307 e. The molecule has 0 atom stereocenters. The second-order valence-electron chi connectivity index (χ2n) is 5.47. The van der Waals surface area contributed by atoms with Crippen LogP contribution in [0.25, 0.3) is 0 Å². The highest BCUT2D eigenvalue weighted by Crippen LogP contribution is 2.19. The Hall–Kier alpha value is -2.29. The highest BCUT2D eigenvalue weighted by Gasteiger charge is 2.06. The lowest BCUT2D eigenvalue weighted by Gasteiger charge is -2.12. The van der Waals surface area contributed by atoms with E-state index < -0.39 is 5.97 Å². The van der Waals surface area contributed by atoms with E-state index in [1.807, 2.05) is 36.4 Å². The quantitative estimate of drug-likeness (QED) is 0.841. The molecule has 0 aliphatic heterocycles. The molecule has 2 aromatic rings. The molecule has 2 N–H and O–H groups in total. The van der Waals surface area contributed by atoms with Gasteiger partial charge in [0.15, 0.2) is 0 Å². The number of nitrogens with one attached hydrogen (secondary N) is 1. The van der Waals surface area contributed by atoms with E-state index in [4.69, 9.17) is 5.11 Å². The lowest BCUT2D eigenvalue weighted by atomic mass is 10.0. The summed E-state index contributed by atoms with van der Waals surface area (Å²) in [5, 5.41) is 12.3. The first-order valence-corrected chi connectivity index (χ1v) is 7.18. The molecular weight excluding hydrogens is 262 g/mol. The molecule has 0 radical (unpaired) electrons. The maximum absolute atomic E-state index is 10.9. The van der Waals surface area contributed by atoms with Crippen molar-refractivity contribution in [2.24, 2.45) is 0 Å². The number of rotatable bonds is 6. The minimum Gasteiger partial charge on any atom is -0.481 e. The molecule has 0 aromatic heterocycles. The smallest absolute Gasteiger partial charge is 0.307 e. The number of anilines is 1. The molecule has 0 amide bonds. The third kappa shape index (κ3) is 4.35. The molecule has 0 spiro atoms. The second-order valence-corrected chi connectivity index (χ2v) is 5.47. The number of carboxylic acids is 1. The summed E-state index contributed by atoms with van der Waals surface area (Å²) in [6.07, 6.45) is 0.0594. The lowest BCUT2D eigenvalue weighted by Crippen LogP contribution is -2.07. The first-order valence-electron chi connectivity index (χ1n) is 7.18. The van der Waals surface area contributed by atoms with E-state index in [0.717, 1.165) is 16.8 Å². The van der Waals surface area contributed by atoms with Crippen LogP contribution in [-0.2, 0) is 17.8 Å². The van der Waals surface area contributed by atoms with Crippen LogP contribution >= 0.6 is 0 Å². The number of aliphatic carboxylic acids is 1.